The van der Waals surface area contributed by atoms with Crippen molar-refractivity contribution in [3.8, 4) is 0 Å². The van der Waals surface area contributed by atoms with Crippen LogP contribution in [0.2, 0.25) is 0 Å². The molecule has 1 amide bonds. The maximum absolute atomic E-state index is 12.7. The summed E-state index contributed by atoms with van der Waals surface area (Å²) in [6.07, 6.45) is -3.33. The first-order chi connectivity index (χ1) is 16.0. The molecule has 0 spiro atoms. The molecule has 0 aliphatic rings. The molecule has 3 aromatic rings. The van der Waals surface area contributed by atoms with Gasteiger partial charge in [0.25, 0.3) is 0 Å². The van der Waals surface area contributed by atoms with Gasteiger partial charge in [0.1, 0.15) is 5.82 Å². The van der Waals surface area contributed by atoms with Crippen molar-refractivity contribution in [1.82, 2.24) is 4.98 Å². The van der Waals surface area contributed by atoms with Crippen molar-refractivity contribution in [3.05, 3.63) is 65.7 Å². The highest BCUT2D eigenvalue weighted by Crippen LogP contribution is 2.29. The van der Waals surface area contributed by atoms with Gasteiger partial charge in [-0.05, 0) is 67.8 Å². The largest absolute Gasteiger partial charge is 0.481 e. The summed E-state index contributed by atoms with van der Waals surface area (Å²) in [5, 5.41) is 12.5. The molecule has 0 bridgehead atoms. The Bertz CT molecular complexity index is 1160. The molecule has 180 valence electrons. The van der Waals surface area contributed by atoms with Gasteiger partial charge in [-0.2, -0.15) is 13.2 Å². The Morgan fingerprint density at radius 3 is 2.41 bits per heavy atom. The van der Waals surface area contributed by atoms with Crippen molar-refractivity contribution < 1.29 is 27.9 Å². The van der Waals surface area contributed by atoms with Gasteiger partial charge in [-0.15, -0.1) is 0 Å². The number of hydrogen-bond acceptors (Lipinski definition) is 4. The fourth-order valence-electron chi connectivity index (χ4n) is 3.48. The summed E-state index contributed by atoms with van der Waals surface area (Å²) < 4.78 is 38.0. The average Bonchev–Trinajstić information content (AvgIpc) is 2.80. The number of pyridine rings is 1. The van der Waals surface area contributed by atoms with Crippen molar-refractivity contribution in [2.24, 2.45) is 0 Å². The molecule has 0 saturated heterocycles. The third-order valence-electron chi connectivity index (χ3n) is 5.68. The molecule has 0 aliphatic carbocycles. The molecule has 0 radical (unpaired) electrons. The number of amides is 1. The van der Waals surface area contributed by atoms with Gasteiger partial charge in [-0.25, -0.2) is 4.98 Å². The van der Waals surface area contributed by atoms with Crippen LogP contribution >= 0.6 is 0 Å². The molecular formula is C25H26F3N3O3. The molecule has 6 nitrogen and oxygen atoms in total. The number of alkyl halides is 3. The molecule has 9 heteroatoms. The van der Waals surface area contributed by atoms with Gasteiger partial charge in [0.05, 0.1) is 11.1 Å². The van der Waals surface area contributed by atoms with Gasteiger partial charge in [0.15, 0.2) is 0 Å². The molecule has 0 aliphatic heterocycles. The van der Waals surface area contributed by atoms with E-state index in [9.17, 15) is 22.8 Å². The Balaban J connectivity index is 1.59. The third kappa shape index (κ3) is 6.69. The number of carbonyl (C=O) groups excluding carboxylic acids is 1. The number of nitrogens with one attached hydrogen (secondary N) is 1. The average molecular weight is 473 g/mol. The maximum atomic E-state index is 12.7. The van der Waals surface area contributed by atoms with E-state index in [4.69, 9.17) is 5.11 Å². The highest BCUT2D eigenvalue weighted by Gasteiger charge is 2.29. The summed E-state index contributed by atoms with van der Waals surface area (Å²) in [7, 11) is 1.87. The van der Waals surface area contributed by atoms with Crippen LogP contribution in [-0.4, -0.2) is 35.1 Å². The topological polar surface area (TPSA) is 82.5 Å². The van der Waals surface area contributed by atoms with E-state index in [1.54, 1.807) is 18.2 Å². The molecule has 0 saturated carbocycles. The van der Waals surface area contributed by atoms with Crippen LogP contribution in [0.5, 0.6) is 0 Å². The Hall–Kier alpha value is -3.62. The Morgan fingerprint density at radius 1 is 1.06 bits per heavy atom. The van der Waals surface area contributed by atoms with Crippen molar-refractivity contribution in [1.29, 1.82) is 0 Å². The first-order valence-corrected chi connectivity index (χ1v) is 10.8. The van der Waals surface area contributed by atoms with E-state index in [2.05, 4.69) is 10.3 Å². The number of benzene rings is 2. The van der Waals surface area contributed by atoms with E-state index in [0.29, 0.717) is 24.1 Å². The number of carbonyl (C=O) groups is 2. The van der Waals surface area contributed by atoms with E-state index < -0.39 is 17.7 Å². The van der Waals surface area contributed by atoms with E-state index in [0.717, 1.165) is 28.9 Å². The van der Waals surface area contributed by atoms with Gasteiger partial charge < -0.3 is 15.3 Å². The van der Waals surface area contributed by atoms with E-state index in [1.807, 2.05) is 31.0 Å². The fraction of sp³-hybridized carbons (Fsp3) is 0.320. The van der Waals surface area contributed by atoms with Crippen LogP contribution in [-0.2, 0) is 22.2 Å². The van der Waals surface area contributed by atoms with Crippen molar-refractivity contribution in [3.63, 3.8) is 0 Å². The SMILES string of the molecule is CC(CCC(=O)O)N(C)c1ccc2cc(NC(=O)CCc3ccc(C(F)(F)F)cc3)ccc2n1. The molecule has 0 fully saturated rings. The summed E-state index contributed by atoms with van der Waals surface area (Å²) in [5.41, 5.74) is 1.27. The molecule has 1 unspecified atom stereocenters. The summed E-state index contributed by atoms with van der Waals surface area (Å²) >= 11 is 0. The van der Waals surface area contributed by atoms with Gasteiger partial charge in [0, 0.05) is 37.0 Å². The lowest BCUT2D eigenvalue weighted by Crippen LogP contribution is -2.30. The first kappa shape index (κ1) is 25.0. The Labute approximate surface area is 195 Å². The van der Waals surface area contributed by atoms with E-state index in [1.165, 1.54) is 12.1 Å². The number of aromatic nitrogens is 1. The second-order valence-corrected chi connectivity index (χ2v) is 8.21. The molecule has 3 rings (SSSR count). The van der Waals surface area contributed by atoms with E-state index >= 15 is 0 Å². The quantitative estimate of drug-likeness (QED) is 0.428. The lowest BCUT2D eigenvalue weighted by molar-refractivity contribution is -0.138. The number of nitrogens with zero attached hydrogens (tertiary/aromatic N) is 2. The highest BCUT2D eigenvalue weighted by atomic mass is 19.4. The number of carboxylic acids is 1. The number of anilines is 2. The fourth-order valence-corrected chi connectivity index (χ4v) is 3.48. The zero-order valence-corrected chi connectivity index (χ0v) is 18.9. The first-order valence-electron chi connectivity index (χ1n) is 10.8. The van der Waals surface area contributed by atoms with Crippen LogP contribution in [0.25, 0.3) is 10.9 Å². The van der Waals surface area contributed by atoms with Crippen LogP contribution in [0.1, 0.15) is 37.3 Å². The Morgan fingerprint density at radius 2 is 1.76 bits per heavy atom. The van der Waals surface area contributed by atoms with Gasteiger partial charge >= 0.3 is 12.1 Å². The minimum absolute atomic E-state index is 0.00396. The monoisotopic (exact) mass is 473 g/mol. The number of hydrogen-bond donors (Lipinski definition) is 2. The number of halogens is 3. The molecular weight excluding hydrogens is 447 g/mol. The zero-order chi connectivity index (χ0) is 24.9. The molecule has 2 N–H and O–H groups in total. The zero-order valence-electron chi connectivity index (χ0n) is 18.9. The standard InChI is InChI=1S/C25H26F3N3O3/c1-16(3-14-24(33)34)31(2)22-12-7-18-15-20(10-11-21(18)30-22)29-23(32)13-6-17-4-8-19(9-5-17)25(26,27)28/h4-5,7-12,15-16H,3,6,13-14H2,1-2H3,(H,29,32)(H,33,34). The van der Waals surface area contributed by atoms with Crippen molar-refractivity contribution in [2.45, 2.75) is 44.8 Å². The number of rotatable bonds is 9. The van der Waals surface area contributed by atoms with Gasteiger partial charge in [-0.3, -0.25) is 9.59 Å². The number of aryl methyl sites for hydroxylation is 1. The molecule has 2 aromatic carbocycles. The van der Waals surface area contributed by atoms with Gasteiger partial charge in [0.2, 0.25) is 5.91 Å². The normalized spacial score (nSPS) is 12.4. The van der Waals surface area contributed by atoms with Crippen LogP contribution in [0.3, 0.4) is 0 Å². The minimum atomic E-state index is -4.38. The maximum Gasteiger partial charge on any atom is 0.416 e. The second kappa shape index (κ2) is 10.5. The highest BCUT2D eigenvalue weighted by molar-refractivity contribution is 5.94. The predicted octanol–water partition coefficient (Wildman–Crippen LogP) is 5.51. The van der Waals surface area contributed by atoms with Crippen LogP contribution in [0, 0.1) is 0 Å². The third-order valence-corrected chi connectivity index (χ3v) is 5.68. The van der Waals surface area contributed by atoms with Crippen molar-refractivity contribution >= 4 is 34.3 Å². The van der Waals surface area contributed by atoms with E-state index in [-0.39, 0.29) is 24.8 Å². The second-order valence-electron chi connectivity index (χ2n) is 8.21. The number of carboxylic acid groups (broad SMARTS) is 1. The summed E-state index contributed by atoms with van der Waals surface area (Å²) in [6.45, 7) is 1.94. The van der Waals surface area contributed by atoms with Crippen LogP contribution in [0.4, 0.5) is 24.7 Å². The Kier molecular flexibility index (Phi) is 7.75. The molecule has 1 aromatic heterocycles. The molecule has 1 atom stereocenters. The molecule has 34 heavy (non-hydrogen) atoms. The number of fused-ring (bicyclic) bond motifs is 1. The smallest absolute Gasteiger partial charge is 0.416 e. The van der Waals surface area contributed by atoms with Gasteiger partial charge in [-0.1, -0.05) is 12.1 Å². The molecule has 1 heterocycles. The minimum Gasteiger partial charge on any atom is -0.481 e. The lowest BCUT2D eigenvalue weighted by Gasteiger charge is -2.25. The summed E-state index contributed by atoms with van der Waals surface area (Å²) in [4.78, 5) is 29.7. The van der Waals surface area contributed by atoms with Crippen LogP contribution < -0.4 is 10.2 Å². The summed E-state index contributed by atoms with van der Waals surface area (Å²) in [6, 6.07) is 13.9. The lowest BCUT2D eigenvalue weighted by atomic mass is 10.1. The van der Waals surface area contributed by atoms with Crippen molar-refractivity contribution in [2.75, 3.05) is 17.3 Å². The predicted molar refractivity (Wildman–Crippen MR) is 125 cm³/mol. The summed E-state index contributed by atoms with van der Waals surface area (Å²) in [5.74, 6) is -0.352. The number of aliphatic carboxylic acids is 1. The van der Waals surface area contributed by atoms with Crippen LogP contribution in [0.15, 0.2) is 54.6 Å².